The van der Waals surface area contributed by atoms with Crippen molar-refractivity contribution >= 4 is 11.8 Å². The molecule has 3 nitrogen and oxygen atoms in total. The lowest BCUT2D eigenvalue weighted by atomic mass is 9.69. The van der Waals surface area contributed by atoms with Crippen LogP contribution in [0.25, 0.3) is 0 Å². The first-order valence-corrected chi connectivity index (χ1v) is 6.78. The topological polar surface area (TPSA) is 54.4 Å². The number of carboxylic acid groups (broad SMARTS) is 1. The average molecular weight is 260 g/mol. The molecule has 0 bridgehead atoms. The third-order valence-corrected chi connectivity index (χ3v) is 4.20. The van der Waals surface area contributed by atoms with Gasteiger partial charge in [0.15, 0.2) is 5.78 Å². The fraction of sp³-hybridized carbons (Fsp3) is 0.500. The number of carboxylic acids is 1. The molecule has 3 heteroatoms. The van der Waals surface area contributed by atoms with Gasteiger partial charge in [-0.25, -0.2) is 0 Å². The first-order valence-electron chi connectivity index (χ1n) is 6.78. The van der Waals surface area contributed by atoms with Crippen molar-refractivity contribution in [1.29, 1.82) is 0 Å². The monoisotopic (exact) mass is 260 g/mol. The smallest absolute Gasteiger partial charge is 0.317 e. The van der Waals surface area contributed by atoms with Gasteiger partial charge < -0.3 is 5.11 Å². The Balaban J connectivity index is 2.38. The SMILES string of the molecule is Cc1ccc(C)c(CC2(C(=O)O)CCCCC2=O)c1. The van der Waals surface area contributed by atoms with E-state index in [1.807, 2.05) is 32.0 Å². The largest absolute Gasteiger partial charge is 0.480 e. The van der Waals surface area contributed by atoms with Crippen LogP contribution in [0.3, 0.4) is 0 Å². The van der Waals surface area contributed by atoms with Gasteiger partial charge in [-0.15, -0.1) is 0 Å². The zero-order valence-electron chi connectivity index (χ0n) is 11.5. The van der Waals surface area contributed by atoms with E-state index in [9.17, 15) is 14.7 Å². The Labute approximate surface area is 113 Å². The summed E-state index contributed by atoms with van der Waals surface area (Å²) in [5.74, 6) is -1.06. The van der Waals surface area contributed by atoms with Gasteiger partial charge in [0.05, 0.1) is 0 Å². The van der Waals surface area contributed by atoms with Crippen LogP contribution in [0.4, 0.5) is 0 Å². The fourth-order valence-electron chi connectivity index (χ4n) is 2.90. The highest BCUT2D eigenvalue weighted by atomic mass is 16.4. The number of benzene rings is 1. The standard InChI is InChI=1S/C16H20O3/c1-11-6-7-12(2)13(9-11)10-16(15(18)19)8-4-3-5-14(16)17/h6-7,9H,3-5,8,10H2,1-2H3,(H,18,19). The van der Waals surface area contributed by atoms with Crippen molar-refractivity contribution in [3.05, 3.63) is 34.9 Å². The molecular formula is C16H20O3. The predicted octanol–water partition coefficient (Wildman–Crippen LogP) is 3.06. The summed E-state index contributed by atoms with van der Waals surface area (Å²) in [6, 6.07) is 6.00. The van der Waals surface area contributed by atoms with Crippen LogP contribution < -0.4 is 0 Å². The molecule has 1 atom stereocenters. The molecule has 1 aromatic rings. The lowest BCUT2D eigenvalue weighted by molar-refractivity contribution is -0.157. The maximum atomic E-state index is 12.2. The predicted molar refractivity (Wildman–Crippen MR) is 73.2 cm³/mol. The number of hydrogen-bond acceptors (Lipinski definition) is 2. The lowest BCUT2D eigenvalue weighted by Gasteiger charge is -2.32. The first-order chi connectivity index (χ1) is 8.95. The number of carbonyl (C=O) groups excluding carboxylic acids is 1. The Morgan fingerprint density at radius 2 is 2.05 bits per heavy atom. The van der Waals surface area contributed by atoms with Crippen LogP contribution >= 0.6 is 0 Å². The molecule has 1 aliphatic rings. The van der Waals surface area contributed by atoms with Crippen molar-refractivity contribution in [2.24, 2.45) is 5.41 Å². The third-order valence-electron chi connectivity index (χ3n) is 4.20. The number of hydrogen-bond donors (Lipinski definition) is 1. The van der Waals surface area contributed by atoms with Crippen LogP contribution in [0, 0.1) is 19.3 Å². The van der Waals surface area contributed by atoms with Crippen molar-refractivity contribution in [3.8, 4) is 0 Å². The summed E-state index contributed by atoms with van der Waals surface area (Å²) in [5, 5.41) is 9.56. The van der Waals surface area contributed by atoms with Crippen LogP contribution in [-0.4, -0.2) is 16.9 Å². The Kier molecular flexibility index (Phi) is 3.74. The normalized spacial score (nSPS) is 23.4. The molecule has 19 heavy (non-hydrogen) atoms. The second-order valence-electron chi connectivity index (χ2n) is 5.62. The summed E-state index contributed by atoms with van der Waals surface area (Å²) in [7, 11) is 0. The fourth-order valence-corrected chi connectivity index (χ4v) is 2.90. The van der Waals surface area contributed by atoms with Crippen molar-refractivity contribution in [3.63, 3.8) is 0 Å². The Morgan fingerprint density at radius 3 is 2.68 bits per heavy atom. The van der Waals surface area contributed by atoms with Gasteiger partial charge >= 0.3 is 5.97 Å². The number of rotatable bonds is 3. The third kappa shape index (κ3) is 2.55. The van der Waals surface area contributed by atoms with Crippen molar-refractivity contribution in [2.75, 3.05) is 0 Å². The molecular weight excluding hydrogens is 240 g/mol. The Morgan fingerprint density at radius 1 is 1.32 bits per heavy atom. The van der Waals surface area contributed by atoms with Crippen LogP contribution in [0.1, 0.15) is 42.4 Å². The molecule has 102 valence electrons. The molecule has 2 rings (SSSR count). The quantitative estimate of drug-likeness (QED) is 0.850. The maximum absolute atomic E-state index is 12.2. The molecule has 1 aliphatic carbocycles. The summed E-state index contributed by atoms with van der Waals surface area (Å²) < 4.78 is 0. The Hall–Kier alpha value is -1.64. The average Bonchev–Trinajstić information content (AvgIpc) is 2.36. The summed E-state index contributed by atoms with van der Waals surface area (Å²) in [6.45, 7) is 3.96. The molecule has 0 aliphatic heterocycles. The Bertz CT molecular complexity index is 519. The summed E-state index contributed by atoms with van der Waals surface area (Å²) in [4.78, 5) is 23.8. The van der Waals surface area contributed by atoms with Crippen molar-refractivity contribution < 1.29 is 14.7 Å². The van der Waals surface area contributed by atoms with Gasteiger partial charge in [-0.2, -0.15) is 0 Å². The van der Waals surface area contributed by atoms with E-state index in [1.165, 1.54) is 0 Å². The number of ketones is 1. The minimum Gasteiger partial charge on any atom is -0.480 e. The number of carbonyl (C=O) groups is 2. The molecule has 0 heterocycles. The van der Waals surface area contributed by atoms with Crippen LogP contribution in [0.5, 0.6) is 0 Å². The molecule has 1 unspecified atom stereocenters. The highest BCUT2D eigenvalue weighted by Crippen LogP contribution is 2.37. The number of aliphatic carboxylic acids is 1. The molecule has 0 radical (unpaired) electrons. The van der Waals surface area contributed by atoms with E-state index in [-0.39, 0.29) is 5.78 Å². The summed E-state index contributed by atoms with van der Waals surface area (Å²) in [6.07, 6.45) is 2.84. The van der Waals surface area contributed by atoms with Gasteiger partial charge in [0.2, 0.25) is 0 Å². The van der Waals surface area contributed by atoms with Crippen LogP contribution in [0.15, 0.2) is 18.2 Å². The van der Waals surface area contributed by atoms with Gasteiger partial charge in [0.1, 0.15) is 5.41 Å². The van der Waals surface area contributed by atoms with E-state index in [4.69, 9.17) is 0 Å². The highest BCUT2D eigenvalue weighted by molar-refractivity contribution is 6.03. The molecule has 1 saturated carbocycles. The van der Waals surface area contributed by atoms with E-state index in [0.717, 1.165) is 29.5 Å². The molecule has 0 saturated heterocycles. The van der Waals surface area contributed by atoms with E-state index >= 15 is 0 Å². The van der Waals surface area contributed by atoms with E-state index in [0.29, 0.717) is 19.3 Å². The molecule has 1 N–H and O–H groups in total. The maximum Gasteiger partial charge on any atom is 0.317 e. The number of Topliss-reactive ketones (excluding diaryl/α,β-unsaturated/α-hetero) is 1. The first kappa shape index (κ1) is 13.8. The summed E-state index contributed by atoms with van der Waals surface area (Å²) >= 11 is 0. The molecule has 0 amide bonds. The lowest BCUT2D eigenvalue weighted by Crippen LogP contribution is -2.43. The van der Waals surface area contributed by atoms with E-state index in [1.54, 1.807) is 0 Å². The minimum atomic E-state index is -1.20. The second kappa shape index (κ2) is 5.16. The molecule has 0 aromatic heterocycles. The highest BCUT2D eigenvalue weighted by Gasteiger charge is 2.46. The van der Waals surface area contributed by atoms with Crippen LogP contribution in [-0.2, 0) is 16.0 Å². The van der Waals surface area contributed by atoms with Crippen molar-refractivity contribution in [1.82, 2.24) is 0 Å². The molecule has 1 fully saturated rings. The minimum absolute atomic E-state index is 0.104. The zero-order valence-corrected chi connectivity index (χ0v) is 11.5. The van der Waals surface area contributed by atoms with Crippen molar-refractivity contribution in [2.45, 2.75) is 46.0 Å². The van der Waals surface area contributed by atoms with E-state index < -0.39 is 11.4 Å². The molecule has 0 spiro atoms. The zero-order chi connectivity index (χ0) is 14.0. The molecule has 1 aromatic carbocycles. The summed E-state index contributed by atoms with van der Waals surface area (Å²) in [5.41, 5.74) is 1.95. The number of aryl methyl sites for hydroxylation is 2. The van der Waals surface area contributed by atoms with Gasteiger partial charge in [-0.05, 0) is 44.2 Å². The van der Waals surface area contributed by atoms with Gasteiger partial charge in [0.25, 0.3) is 0 Å². The van der Waals surface area contributed by atoms with Gasteiger partial charge in [-0.3, -0.25) is 9.59 Å². The second-order valence-corrected chi connectivity index (χ2v) is 5.62. The van der Waals surface area contributed by atoms with E-state index in [2.05, 4.69) is 0 Å². The van der Waals surface area contributed by atoms with Crippen LogP contribution in [0.2, 0.25) is 0 Å². The van der Waals surface area contributed by atoms with Gasteiger partial charge in [-0.1, -0.05) is 30.2 Å². The van der Waals surface area contributed by atoms with Gasteiger partial charge in [0, 0.05) is 6.42 Å².